The number of hydrogen-bond acceptors (Lipinski definition) is 4. The summed E-state index contributed by atoms with van der Waals surface area (Å²) < 4.78 is 0. The van der Waals surface area contributed by atoms with Crippen molar-refractivity contribution >= 4 is 33.4 Å². The largest absolute Gasteiger partial charge is 0.404 e. The molecule has 0 spiro atoms. The standard InChI is InChI=1S/C42H47N5/c1-4-11-34(27-43)35(28-44)13-9-12-31(5-2)19-18-30(3)38-22-20-32-26-33(40-16-10-17-41(47-40)36-24-25-45-29-36)21-23-39(32)42(38)46-37-14-7-6-8-15-37/h4,6-8,10-11,14-29,31,41,45-47H,3,5,9,12-13,43-44H2,1-2H3/b11-4-,19-18-,34-27+,35-28+. The van der Waals surface area contributed by atoms with Crippen LogP contribution in [0.25, 0.3) is 22.0 Å². The Labute approximate surface area is 279 Å². The fourth-order valence-electron chi connectivity index (χ4n) is 6.10. The molecule has 3 aromatic carbocycles. The van der Waals surface area contributed by atoms with Gasteiger partial charge in [-0.2, -0.15) is 0 Å². The number of fused-ring (bicyclic) bond motifs is 1. The van der Waals surface area contributed by atoms with E-state index in [4.69, 9.17) is 11.5 Å². The number of aromatic amines is 1. The molecule has 2 unspecified atom stereocenters. The molecule has 2 heterocycles. The number of para-hydroxylation sites is 1. The molecule has 1 aliphatic heterocycles. The lowest BCUT2D eigenvalue weighted by atomic mass is 9.92. The maximum atomic E-state index is 5.94. The molecule has 0 aliphatic carbocycles. The first-order chi connectivity index (χ1) is 23.0. The number of benzene rings is 3. The van der Waals surface area contributed by atoms with E-state index in [2.05, 4.69) is 120 Å². The maximum Gasteiger partial charge on any atom is 0.0715 e. The number of nitrogens with two attached hydrogens (primary N) is 2. The molecular weight excluding hydrogens is 574 g/mol. The summed E-state index contributed by atoms with van der Waals surface area (Å²) >= 11 is 0. The quantitative estimate of drug-likeness (QED) is 0.0906. The molecule has 47 heavy (non-hydrogen) atoms. The summed E-state index contributed by atoms with van der Waals surface area (Å²) in [7, 11) is 0. The predicted octanol–water partition coefficient (Wildman–Crippen LogP) is 10.2. The van der Waals surface area contributed by atoms with Crippen LogP contribution in [0.15, 0.2) is 152 Å². The van der Waals surface area contributed by atoms with Crippen LogP contribution in [0.2, 0.25) is 0 Å². The van der Waals surface area contributed by atoms with E-state index < -0.39 is 0 Å². The minimum Gasteiger partial charge on any atom is -0.404 e. The van der Waals surface area contributed by atoms with Crippen LogP contribution in [-0.4, -0.2) is 4.98 Å². The lowest BCUT2D eigenvalue weighted by Gasteiger charge is -2.22. The van der Waals surface area contributed by atoms with Crippen molar-refractivity contribution in [1.29, 1.82) is 0 Å². The van der Waals surface area contributed by atoms with E-state index in [1.165, 1.54) is 5.56 Å². The van der Waals surface area contributed by atoms with Crippen molar-refractivity contribution in [2.75, 3.05) is 5.32 Å². The van der Waals surface area contributed by atoms with Crippen LogP contribution in [0.3, 0.4) is 0 Å². The molecule has 0 bridgehead atoms. The van der Waals surface area contributed by atoms with Gasteiger partial charge < -0.3 is 27.1 Å². The van der Waals surface area contributed by atoms with Crippen molar-refractivity contribution in [3.8, 4) is 0 Å². The van der Waals surface area contributed by atoms with Gasteiger partial charge >= 0.3 is 0 Å². The minimum atomic E-state index is 0.134. The topological polar surface area (TPSA) is 91.9 Å². The lowest BCUT2D eigenvalue weighted by molar-refractivity contribution is 0.545. The summed E-state index contributed by atoms with van der Waals surface area (Å²) in [5.41, 5.74) is 21.5. The highest BCUT2D eigenvalue weighted by atomic mass is 14.9. The zero-order valence-corrected chi connectivity index (χ0v) is 27.5. The summed E-state index contributed by atoms with van der Waals surface area (Å²) in [6.45, 7) is 8.76. The number of aromatic nitrogens is 1. The second-order valence-electron chi connectivity index (χ2n) is 11.9. The van der Waals surface area contributed by atoms with E-state index in [-0.39, 0.29) is 6.04 Å². The number of hydrogen-bond donors (Lipinski definition) is 5. The molecule has 0 saturated heterocycles. The number of nitrogens with one attached hydrogen (secondary N) is 3. The van der Waals surface area contributed by atoms with E-state index in [1.807, 2.05) is 37.5 Å². The number of dihydropyridines is 1. The van der Waals surface area contributed by atoms with Gasteiger partial charge in [-0.1, -0.05) is 92.4 Å². The van der Waals surface area contributed by atoms with Crippen LogP contribution in [0.5, 0.6) is 0 Å². The highest BCUT2D eigenvalue weighted by Gasteiger charge is 2.16. The molecule has 0 radical (unpaired) electrons. The molecule has 0 fully saturated rings. The van der Waals surface area contributed by atoms with Crippen molar-refractivity contribution in [3.05, 3.63) is 168 Å². The lowest BCUT2D eigenvalue weighted by Crippen LogP contribution is -2.19. The van der Waals surface area contributed by atoms with E-state index in [9.17, 15) is 0 Å². The molecule has 2 atom stereocenters. The summed E-state index contributed by atoms with van der Waals surface area (Å²) in [4.78, 5) is 3.16. The number of rotatable bonds is 14. The van der Waals surface area contributed by atoms with Crippen LogP contribution in [0.1, 0.15) is 62.3 Å². The Morgan fingerprint density at radius 1 is 1.02 bits per heavy atom. The van der Waals surface area contributed by atoms with Gasteiger partial charge in [0.25, 0.3) is 0 Å². The van der Waals surface area contributed by atoms with Gasteiger partial charge in [-0.3, -0.25) is 0 Å². The van der Waals surface area contributed by atoms with Crippen LogP contribution in [0.4, 0.5) is 11.4 Å². The van der Waals surface area contributed by atoms with E-state index in [1.54, 1.807) is 12.4 Å². The zero-order chi connectivity index (χ0) is 33.0. The first-order valence-corrected chi connectivity index (χ1v) is 16.5. The summed E-state index contributed by atoms with van der Waals surface area (Å²) in [6.07, 6.45) is 26.3. The Kier molecular flexibility index (Phi) is 11.4. The first-order valence-electron chi connectivity index (χ1n) is 16.5. The van der Waals surface area contributed by atoms with Gasteiger partial charge in [0, 0.05) is 40.9 Å². The van der Waals surface area contributed by atoms with E-state index in [0.717, 1.165) is 81.4 Å². The van der Waals surface area contributed by atoms with Gasteiger partial charge in [0.05, 0.1) is 11.7 Å². The van der Waals surface area contributed by atoms with Gasteiger partial charge in [0.1, 0.15) is 0 Å². The van der Waals surface area contributed by atoms with Crippen molar-refractivity contribution in [2.24, 2.45) is 17.4 Å². The monoisotopic (exact) mass is 621 g/mol. The molecular formula is C42H47N5. The third-order valence-electron chi connectivity index (χ3n) is 8.79. The van der Waals surface area contributed by atoms with Gasteiger partial charge in [0.2, 0.25) is 0 Å². The Morgan fingerprint density at radius 3 is 2.60 bits per heavy atom. The number of anilines is 2. The average molecular weight is 622 g/mol. The average Bonchev–Trinajstić information content (AvgIpc) is 3.66. The van der Waals surface area contributed by atoms with E-state index in [0.29, 0.717) is 5.92 Å². The second-order valence-corrected chi connectivity index (χ2v) is 11.9. The third kappa shape index (κ3) is 8.25. The Morgan fingerprint density at radius 2 is 1.87 bits per heavy atom. The van der Waals surface area contributed by atoms with Crippen molar-refractivity contribution in [1.82, 2.24) is 10.3 Å². The number of allylic oxidation sites excluding steroid dienone is 9. The van der Waals surface area contributed by atoms with Crippen LogP contribution in [-0.2, 0) is 0 Å². The maximum absolute atomic E-state index is 5.94. The molecule has 1 aromatic heterocycles. The number of H-pyrrole nitrogens is 1. The Balaban J connectivity index is 1.37. The molecule has 0 saturated carbocycles. The van der Waals surface area contributed by atoms with Crippen LogP contribution >= 0.6 is 0 Å². The highest BCUT2D eigenvalue weighted by molar-refractivity contribution is 6.03. The third-order valence-corrected chi connectivity index (χ3v) is 8.79. The summed E-state index contributed by atoms with van der Waals surface area (Å²) in [5.74, 6) is 0.437. The van der Waals surface area contributed by atoms with Gasteiger partial charge in [-0.25, -0.2) is 0 Å². The van der Waals surface area contributed by atoms with Crippen molar-refractivity contribution in [2.45, 2.75) is 45.6 Å². The fraction of sp³-hybridized carbons (Fsp3) is 0.190. The molecule has 4 aromatic rings. The smallest absolute Gasteiger partial charge is 0.0715 e. The normalized spacial score (nSPS) is 16.0. The van der Waals surface area contributed by atoms with Crippen molar-refractivity contribution < 1.29 is 0 Å². The van der Waals surface area contributed by atoms with E-state index >= 15 is 0 Å². The second kappa shape index (κ2) is 16.2. The summed E-state index contributed by atoms with van der Waals surface area (Å²) in [6, 6.07) is 23.7. The molecule has 1 aliphatic rings. The van der Waals surface area contributed by atoms with Gasteiger partial charge in [-0.05, 0) is 108 Å². The van der Waals surface area contributed by atoms with Gasteiger partial charge in [-0.15, -0.1) is 0 Å². The fourth-order valence-corrected chi connectivity index (χ4v) is 6.10. The molecule has 5 nitrogen and oxygen atoms in total. The molecule has 5 heteroatoms. The molecule has 5 rings (SSSR count). The Hall–Kier alpha value is -5.42. The SMILES string of the molecule is C=C(/C=C\C(CC)CCCC(=C\N)/C(/C=C\C)=C/N)c1ccc2cc(C3=CC=CC(c4cc[nH]c4)N3)ccc2c1Nc1ccccc1. The van der Waals surface area contributed by atoms with Crippen molar-refractivity contribution in [3.63, 3.8) is 0 Å². The molecule has 7 N–H and O–H groups in total. The zero-order valence-electron chi connectivity index (χ0n) is 27.5. The Bertz CT molecular complexity index is 1830. The van der Waals surface area contributed by atoms with Crippen LogP contribution < -0.4 is 22.1 Å². The van der Waals surface area contributed by atoms with Gasteiger partial charge in [0.15, 0.2) is 0 Å². The molecule has 0 amide bonds. The first kappa shape index (κ1) is 33.0. The highest BCUT2D eigenvalue weighted by Crippen LogP contribution is 2.36. The summed E-state index contributed by atoms with van der Waals surface area (Å²) in [5, 5.41) is 9.72. The predicted molar refractivity (Wildman–Crippen MR) is 203 cm³/mol. The minimum absolute atomic E-state index is 0.134. The van der Waals surface area contributed by atoms with Crippen LogP contribution in [0, 0.1) is 5.92 Å². The molecule has 240 valence electrons.